The molecule has 1 aromatic heterocycles. The van der Waals surface area contributed by atoms with Gasteiger partial charge >= 0.3 is 6.18 Å². The molecule has 1 heterocycles. The van der Waals surface area contributed by atoms with Gasteiger partial charge in [0.1, 0.15) is 0 Å². The van der Waals surface area contributed by atoms with Crippen LogP contribution in [0.3, 0.4) is 0 Å². The number of tetrazole rings is 1. The average Bonchev–Trinajstić information content (AvgIpc) is 2.87. The molecule has 1 aromatic carbocycles. The Hall–Kier alpha value is -1.67. The zero-order valence-corrected chi connectivity index (χ0v) is 12.1. The minimum absolute atomic E-state index is 0.0937. The summed E-state index contributed by atoms with van der Waals surface area (Å²) in [6.45, 7) is 4.39. The predicted molar refractivity (Wildman–Crippen MR) is 71.3 cm³/mol. The number of nitrogens with zero attached hydrogens (tertiary/aromatic N) is 4. The van der Waals surface area contributed by atoms with Crippen LogP contribution in [0.2, 0.25) is 5.02 Å². The van der Waals surface area contributed by atoms with Crippen molar-refractivity contribution in [2.24, 2.45) is 0 Å². The van der Waals surface area contributed by atoms with Crippen molar-refractivity contribution >= 4 is 11.6 Å². The summed E-state index contributed by atoms with van der Waals surface area (Å²) in [4.78, 5) is 0. The minimum Gasteiger partial charge on any atom is -0.308 e. The third kappa shape index (κ3) is 3.33. The van der Waals surface area contributed by atoms with Gasteiger partial charge in [0.15, 0.2) is 5.82 Å². The van der Waals surface area contributed by atoms with Crippen molar-refractivity contribution in [2.75, 3.05) is 6.54 Å². The molecule has 0 bridgehead atoms. The van der Waals surface area contributed by atoms with Gasteiger partial charge in [-0.3, -0.25) is 0 Å². The lowest BCUT2D eigenvalue weighted by Crippen LogP contribution is -2.22. The van der Waals surface area contributed by atoms with Crippen LogP contribution in [0.5, 0.6) is 0 Å². The standard InChI is InChI=1S/C12H13ClF3N5/c1-3-17-7(2)11-18-19-20-21(11)10-6-8(12(14,15)16)4-5-9(10)13/h4-7,17H,3H2,1-2H3. The molecule has 1 unspecified atom stereocenters. The van der Waals surface area contributed by atoms with E-state index in [1.807, 2.05) is 13.8 Å². The molecule has 0 amide bonds. The summed E-state index contributed by atoms with van der Waals surface area (Å²) in [5.41, 5.74) is -0.712. The highest BCUT2D eigenvalue weighted by Gasteiger charge is 2.31. The topological polar surface area (TPSA) is 55.6 Å². The van der Waals surface area contributed by atoms with E-state index in [0.717, 1.165) is 12.1 Å². The molecule has 1 N–H and O–H groups in total. The van der Waals surface area contributed by atoms with Crippen molar-refractivity contribution in [2.45, 2.75) is 26.1 Å². The van der Waals surface area contributed by atoms with E-state index in [1.54, 1.807) is 0 Å². The van der Waals surface area contributed by atoms with Crippen LogP contribution in [-0.4, -0.2) is 26.8 Å². The monoisotopic (exact) mass is 319 g/mol. The molecule has 0 aliphatic heterocycles. The summed E-state index contributed by atoms with van der Waals surface area (Å²) in [5, 5.41) is 14.3. The van der Waals surface area contributed by atoms with E-state index in [9.17, 15) is 13.2 Å². The van der Waals surface area contributed by atoms with Crippen molar-refractivity contribution < 1.29 is 13.2 Å². The van der Waals surface area contributed by atoms with E-state index < -0.39 is 11.7 Å². The molecule has 0 spiro atoms. The van der Waals surface area contributed by atoms with E-state index in [4.69, 9.17) is 11.6 Å². The minimum atomic E-state index is -4.46. The largest absolute Gasteiger partial charge is 0.416 e. The molecule has 2 rings (SSSR count). The maximum absolute atomic E-state index is 12.8. The van der Waals surface area contributed by atoms with Crippen molar-refractivity contribution in [3.05, 3.63) is 34.6 Å². The molecule has 0 aliphatic carbocycles. The summed E-state index contributed by atoms with van der Waals surface area (Å²) in [6, 6.07) is 2.81. The molecule has 0 fully saturated rings. The van der Waals surface area contributed by atoms with Crippen molar-refractivity contribution in [3.63, 3.8) is 0 Å². The fourth-order valence-electron chi connectivity index (χ4n) is 1.88. The summed E-state index contributed by atoms with van der Waals surface area (Å²) in [5.74, 6) is 0.387. The number of hydrogen-bond acceptors (Lipinski definition) is 4. The molecule has 1 atom stereocenters. The Morgan fingerprint density at radius 3 is 2.71 bits per heavy atom. The van der Waals surface area contributed by atoms with Gasteiger partial charge in [-0.1, -0.05) is 18.5 Å². The van der Waals surface area contributed by atoms with Gasteiger partial charge < -0.3 is 5.32 Å². The van der Waals surface area contributed by atoms with E-state index in [1.165, 1.54) is 10.7 Å². The van der Waals surface area contributed by atoms with E-state index >= 15 is 0 Å². The Morgan fingerprint density at radius 1 is 1.38 bits per heavy atom. The smallest absolute Gasteiger partial charge is 0.308 e. The maximum Gasteiger partial charge on any atom is 0.416 e. The van der Waals surface area contributed by atoms with Crippen LogP contribution < -0.4 is 5.32 Å². The molecule has 0 radical (unpaired) electrons. The number of rotatable bonds is 4. The first-order valence-corrected chi connectivity index (χ1v) is 6.61. The highest BCUT2D eigenvalue weighted by atomic mass is 35.5. The van der Waals surface area contributed by atoms with Crippen molar-refractivity contribution in [3.8, 4) is 5.69 Å². The summed E-state index contributed by atoms with van der Waals surface area (Å²) < 4.78 is 39.6. The van der Waals surface area contributed by atoms with Gasteiger partial charge in [-0.05, 0) is 42.1 Å². The maximum atomic E-state index is 12.8. The highest BCUT2D eigenvalue weighted by molar-refractivity contribution is 6.32. The Kier molecular flexibility index (Phi) is 4.48. The van der Waals surface area contributed by atoms with Crippen LogP contribution in [-0.2, 0) is 6.18 Å². The molecule has 2 aromatic rings. The van der Waals surface area contributed by atoms with Gasteiger partial charge in [0.25, 0.3) is 0 Å². The van der Waals surface area contributed by atoms with Gasteiger partial charge in [-0.25, -0.2) is 0 Å². The zero-order valence-electron chi connectivity index (χ0n) is 11.3. The Balaban J connectivity index is 2.50. The SMILES string of the molecule is CCNC(C)c1nnnn1-c1cc(C(F)(F)F)ccc1Cl. The predicted octanol–water partition coefficient (Wildman–Crippen LogP) is 3.01. The molecule has 0 saturated heterocycles. The van der Waals surface area contributed by atoms with Gasteiger partial charge in [0.2, 0.25) is 0 Å². The second-order valence-electron chi connectivity index (χ2n) is 4.39. The van der Waals surface area contributed by atoms with Crippen molar-refractivity contribution in [1.29, 1.82) is 0 Å². The second-order valence-corrected chi connectivity index (χ2v) is 4.80. The lowest BCUT2D eigenvalue weighted by molar-refractivity contribution is -0.137. The number of aromatic nitrogens is 4. The van der Waals surface area contributed by atoms with Crippen LogP contribution >= 0.6 is 11.6 Å². The van der Waals surface area contributed by atoms with Crippen LogP contribution in [0, 0.1) is 0 Å². The van der Waals surface area contributed by atoms with Gasteiger partial charge in [0, 0.05) is 0 Å². The molecular weight excluding hydrogens is 307 g/mol. The Labute approximate surface area is 124 Å². The Morgan fingerprint density at radius 2 is 2.10 bits per heavy atom. The van der Waals surface area contributed by atoms with Gasteiger partial charge in [-0.2, -0.15) is 17.9 Å². The lowest BCUT2D eigenvalue weighted by Gasteiger charge is -2.14. The van der Waals surface area contributed by atoms with Crippen LogP contribution in [0.15, 0.2) is 18.2 Å². The lowest BCUT2D eigenvalue weighted by atomic mass is 10.2. The Bertz CT molecular complexity index is 626. The number of halogens is 4. The second kappa shape index (κ2) is 5.98. The average molecular weight is 320 g/mol. The zero-order chi connectivity index (χ0) is 15.6. The number of alkyl halides is 3. The van der Waals surface area contributed by atoms with E-state index in [-0.39, 0.29) is 16.8 Å². The summed E-state index contributed by atoms with van der Waals surface area (Å²) in [7, 11) is 0. The molecule has 114 valence electrons. The van der Waals surface area contributed by atoms with Crippen molar-refractivity contribution in [1.82, 2.24) is 25.5 Å². The summed E-state index contributed by atoms with van der Waals surface area (Å²) in [6.07, 6.45) is -4.46. The third-order valence-corrected chi connectivity index (χ3v) is 3.21. The summed E-state index contributed by atoms with van der Waals surface area (Å²) >= 11 is 5.99. The highest BCUT2D eigenvalue weighted by Crippen LogP contribution is 2.33. The number of benzene rings is 1. The van der Waals surface area contributed by atoms with E-state index in [0.29, 0.717) is 12.4 Å². The molecule has 9 heteroatoms. The molecule has 0 aliphatic rings. The molecule has 0 saturated carbocycles. The van der Waals surface area contributed by atoms with Gasteiger partial charge in [-0.15, -0.1) is 5.10 Å². The number of hydrogen-bond donors (Lipinski definition) is 1. The molecule has 5 nitrogen and oxygen atoms in total. The molecular formula is C12H13ClF3N5. The first-order chi connectivity index (χ1) is 9.84. The quantitative estimate of drug-likeness (QED) is 0.941. The van der Waals surface area contributed by atoms with Crippen LogP contribution in [0.1, 0.15) is 31.3 Å². The normalized spacial score (nSPS) is 13.4. The fourth-order valence-corrected chi connectivity index (χ4v) is 2.08. The van der Waals surface area contributed by atoms with Crippen LogP contribution in [0.4, 0.5) is 13.2 Å². The first-order valence-electron chi connectivity index (χ1n) is 6.23. The fraction of sp³-hybridized carbons (Fsp3) is 0.417. The van der Waals surface area contributed by atoms with Gasteiger partial charge in [0.05, 0.1) is 22.3 Å². The number of nitrogens with one attached hydrogen (secondary N) is 1. The third-order valence-electron chi connectivity index (χ3n) is 2.89. The first kappa shape index (κ1) is 15.7. The van der Waals surface area contributed by atoms with E-state index in [2.05, 4.69) is 20.8 Å². The molecule has 21 heavy (non-hydrogen) atoms. The van der Waals surface area contributed by atoms with Crippen LogP contribution in [0.25, 0.3) is 5.69 Å².